The molecular weight excluding hydrogens is 426 g/mol. The number of hydrogen-bond donors (Lipinski definition) is 1. The summed E-state index contributed by atoms with van der Waals surface area (Å²) < 4.78 is 32.2. The molecule has 2 saturated carbocycles. The molecule has 4 nitrogen and oxygen atoms in total. The summed E-state index contributed by atoms with van der Waals surface area (Å²) in [5.41, 5.74) is 4.67. The molecule has 0 radical (unpaired) electrons. The highest BCUT2D eigenvalue weighted by atomic mass is 79.9. The number of benzene rings is 2. The maximum Gasteiger partial charge on any atom is 0.229 e. The normalized spacial score (nSPS) is 23.0. The molecule has 2 unspecified atom stereocenters. The van der Waals surface area contributed by atoms with Crippen molar-refractivity contribution in [2.45, 2.75) is 43.4 Å². The second-order valence-electron chi connectivity index (χ2n) is 8.08. The van der Waals surface area contributed by atoms with Crippen LogP contribution < -0.4 is 9.46 Å². The standard InChI is InChI=1S/C21H24BrNO3S/c1-21(8-9-21)19-11-14(22)10-18(20(19)26-2)17-12-16(17)13-4-6-15(7-5-13)23-27(3,24)25/h4-7,10-11,16-17,23H,8-9,12H2,1-3H3. The van der Waals surface area contributed by atoms with Crippen LogP contribution in [0.25, 0.3) is 0 Å². The fraction of sp³-hybridized carbons (Fsp3) is 0.429. The van der Waals surface area contributed by atoms with Gasteiger partial charge in [0.05, 0.1) is 13.4 Å². The van der Waals surface area contributed by atoms with E-state index in [1.807, 2.05) is 24.3 Å². The van der Waals surface area contributed by atoms with E-state index in [1.54, 1.807) is 7.11 Å². The second-order valence-corrected chi connectivity index (χ2v) is 10.7. The van der Waals surface area contributed by atoms with Gasteiger partial charge in [0.1, 0.15) is 5.75 Å². The van der Waals surface area contributed by atoms with E-state index in [2.05, 4.69) is 39.7 Å². The van der Waals surface area contributed by atoms with Crippen LogP contribution in [0.3, 0.4) is 0 Å². The molecule has 0 aliphatic heterocycles. The van der Waals surface area contributed by atoms with Gasteiger partial charge >= 0.3 is 0 Å². The number of methoxy groups -OCH3 is 1. The topological polar surface area (TPSA) is 55.4 Å². The first-order valence-electron chi connectivity index (χ1n) is 9.16. The molecule has 0 amide bonds. The van der Waals surface area contributed by atoms with Gasteiger partial charge in [-0.15, -0.1) is 0 Å². The average molecular weight is 450 g/mol. The monoisotopic (exact) mass is 449 g/mol. The highest BCUT2D eigenvalue weighted by Crippen LogP contribution is 2.60. The fourth-order valence-electron chi connectivity index (χ4n) is 3.94. The third kappa shape index (κ3) is 3.87. The van der Waals surface area contributed by atoms with Gasteiger partial charge in [0.25, 0.3) is 0 Å². The molecule has 144 valence electrons. The first-order valence-corrected chi connectivity index (χ1v) is 11.8. The van der Waals surface area contributed by atoms with Crippen molar-refractivity contribution in [2.75, 3.05) is 18.1 Å². The van der Waals surface area contributed by atoms with Gasteiger partial charge in [0.15, 0.2) is 0 Å². The Kier molecular flexibility index (Phi) is 4.54. The lowest BCUT2D eigenvalue weighted by atomic mass is 9.92. The molecule has 2 aromatic rings. The van der Waals surface area contributed by atoms with E-state index < -0.39 is 10.0 Å². The van der Waals surface area contributed by atoms with Crippen molar-refractivity contribution in [3.05, 3.63) is 57.6 Å². The van der Waals surface area contributed by atoms with Crippen molar-refractivity contribution < 1.29 is 13.2 Å². The van der Waals surface area contributed by atoms with Crippen molar-refractivity contribution in [2.24, 2.45) is 0 Å². The lowest BCUT2D eigenvalue weighted by molar-refractivity contribution is 0.400. The maximum atomic E-state index is 11.4. The molecule has 0 spiro atoms. The summed E-state index contributed by atoms with van der Waals surface area (Å²) in [5, 5.41) is 0. The Hall–Kier alpha value is -1.53. The Balaban J connectivity index is 1.59. The van der Waals surface area contributed by atoms with E-state index in [-0.39, 0.29) is 5.41 Å². The lowest BCUT2D eigenvalue weighted by Gasteiger charge is -2.19. The van der Waals surface area contributed by atoms with E-state index in [0.29, 0.717) is 17.5 Å². The van der Waals surface area contributed by atoms with Crippen molar-refractivity contribution in [1.82, 2.24) is 0 Å². The van der Waals surface area contributed by atoms with Gasteiger partial charge in [-0.2, -0.15) is 0 Å². The predicted molar refractivity (Wildman–Crippen MR) is 112 cm³/mol. The number of nitrogens with one attached hydrogen (secondary N) is 1. The quantitative estimate of drug-likeness (QED) is 0.662. The summed E-state index contributed by atoms with van der Waals surface area (Å²) in [5.74, 6) is 1.92. The number of rotatable bonds is 6. The van der Waals surface area contributed by atoms with E-state index in [1.165, 1.54) is 29.5 Å². The minimum Gasteiger partial charge on any atom is -0.496 e. The van der Waals surface area contributed by atoms with Crippen molar-refractivity contribution >= 4 is 31.6 Å². The zero-order chi connectivity index (χ0) is 19.4. The Labute approximate surface area is 169 Å². The number of halogens is 1. The Morgan fingerprint density at radius 3 is 2.37 bits per heavy atom. The van der Waals surface area contributed by atoms with Gasteiger partial charge in [-0.05, 0) is 71.9 Å². The van der Waals surface area contributed by atoms with Crippen LogP contribution in [0.15, 0.2) is 40.9 Å². The first kappa shape index (κ1) is 18.8. The van der Waals surface area contributed by atoms with Crippen LogP contribution in [0.5, 0.6) is 5.75 Å². The van der Waals surface area contributed by atoms with Gasteiger partial charge in [-0.1, -0.05) is 35.0 Å². The minimum absolute atomic E-state index is 0.243. The van der Waals surface area contributed by atoms with Crippen LogP contribution in [0.1, 0.15) is 54.7 Å². The third-order valence-electron chi connectivity index (χ3n) is 5.77. The summed E-state index contributed by atoms with van der Waals surface area (Å²) in [6.45, 7) is 2.30. The Morgan fingerprint density at radius 1 is 1.15 bits per heavy atom. The van der Waals surface area contributed by atoms with Gasteiger partial charge in [-0.3, -0.25) is 4.72 Å². The van der Waals surface area contributed by atoms with Crippen LogP contribution in [-0.4, -0.2) is 21.8 Å². The van der Waals surface area contributed by atoms with E-state index in [0.717, 1.165) is 22.9 Å². The van der Waals surface area contributed by atoms with Crippen molar-refractivity contribution in [3.63, 3.8) is 0 Å². The van der Waals surface area contributed by atoms with Gasteiger partial charge in [0, 0.05) is 15.7 Å². The molecule has 27 heavy (non-hydrogen) atoms. The zero-order valence-electron chi connectivity index (χ0n) is 15.8. The summed E-state index contributed by atoms with van der Waals surface area (Å²) in [6, 6.07) is 12.1. The molecule has 0 bridgehead atoms. The highest BCUT2D eigenvalue weighted by molar-refractivity contribution is 9.10. The Bertz CT molecular complexity index is 981. The van der Waals surface area contributed by atoms with Crippen LogP contribution in [0.4, 0.5) is 5.69 Å². The van der Waals surface area contributed by atoms with Crippen LogP contribution >= 0.6 is 15.9 Å². The molecule has 2 atom stereocenters. The summed E-state index contributed by atoms with van der Waals surface area (Å²) in [4.78, 5) is 0. The summed E-state index contributed by atoms with van der Waals surface area (Å²) in [7, 11) is -1.48. The lowest BCUT2D eigenvalue weighted by Crippen LogP contribution is -2.09. The molecule has 2 aliphatic rings. The maximum absolute atomic E-state index is 11.4. The summed E-state index contributed by atoms with van der Waals surface area (Å²) in [6.07, 6.45) is 4.67. The van der Waals surface area contributed by atoms with E-state index >= 15 is 0 Å². The number of sulfonamides is 1. The van der Waals surface area contributed by atoms with Gasteiger partial charge < -0.3 is 4.74 Å². The smallest absolute Gasteiger partial charge is 0.229 e. The van der Waals surface area contributed by atoms with Crippen LogP contribution in [-0.2, 0) is 15.4 Å². The number of hydrogen-bond acceptors (Lipinski definition) is 3. The van der Waals surface area contributed by atoms with E-state index in [9.17, 15) is 8.42 Å². The van der Waals surface area contributed by atoms with E-state index in [4.69, 9.17) is 4.74 Å². The molecule has 0 saturated heterocycles. The zero-order valence-corrected chi connectivity index (χ0v) is 18.2. The Morgan fingerprint density at radius 2 is 1.81 bits per heavy atom. The molecular formula is C21H24BrNO3S. The molecule has 1 N–H and O–H groups in total. The average Bonchev–Trinajstić information content (AvgIpc) is 3.50. The molecule has 0 heterocycles. The molecule has 2 aliphatic carbocycles. The fourth-order valence-corrected chi connectivity index (χ4v) is 4.98. The second kappa shape index (κ2) is 6.52. The third-order valence-corrected chi connectivity index (χ3v) is 6.83. The molecule has 0 aromatic heterocycles. The molecule has 2 fully saturated rings. The van der Waals surface area contributed by atoms with Crippen molar-refractivity contribution in [3.8, 4) is 5.75 Å². The van der Waals surface area contributed by atoms with Gasteiger partial charge in [0.2, 0.25) is 10.0 Å². The number of anilines is 1. The van der Waals surface area contributed by atoms with Crippen molar-refractivity contribution in [1.29, 1.82) is 0 Å². The molecule has 4 rings (SSSR count). The highest BCUT2D eigenvalue weighted by Gasteiger charge is 2.46. The molecule has 2 aromatic carbocycles. The summed E-state index contributed by atoms with van der Waals surface area (Å²) >= 11 is 3.69. The van der Waals surface area contributed by atoms with Crippen LogP contribution in [0.2, 0.25) is 0 Å². The predicted octanol–water partition coefficient (Wildman–Crippen LogP) is 5.15. The molecule has 6 heteroatoms. The first-order chi connectivity index (χ1) is 12.7. The minimum atomic E-state index is -3.25. The largest absolute Gasteiger partial charge is 0.496 e. The van der Waals surface area contributed by atoms with Gasteiger partial charge in [-0.25, -0.2) is 8.42 Å². The number of ether oxygens (including phenoxy) is 1. The SMILES string of the molecule is COc1c(C2CC2c2ccc(NS(C)(=O)=O)cc2)cc(Br)cc1C1(C)CC1. The van der Waals surface area contributed by atoms with Crippen LogP contribution in [0, 0.1) is 0 Å².